The van der Waals surface area contributed by atoms with Crippen molar-refractivity contribution in [2.75, 3.05) is 26.1 Å². The third kappa shape index (κ3) is 4.22. The summed E-state index contributed by atoms with van der Waals surface area (Å²) in [7, 11) is 2.99. The third-order valence-corrected chi connectivity index (χ3v) is 2.95. The fourth-order valence-corrected chi connectivity index (χ4v) is 1.85. The van der Waals surface area contributed by atoms with Crippen molar-refractivity contribution >= 4 is 17.6 Å². The minimum absolute atomic E-state index is 0.195. The smallest absolute Gasteiger partial charge is 0.251 e. The molecule has 8 heteroatoms. The SMILES string of the molecule is COc1ccc(C(=O)NCC(=O)Nc2cc(C)on2)cc1OC. The Labute approximate surface area is 132 Å². The second-order valence-electron chi connectivity index (χ2n) is 4.62. The number of benzene rings is 1. The molecule has 0 saturated heterocycles. The molecule has 0 fully saturated rings. The van der Waals surface area contributed by atoms with Crippen molar-refractivity contribution in [1.82, 2.24) is 10.5 Å². The predicted octanol–water partition coefficient (Wildman–Crippen LogP) is 1.37. The lowest BCUT2D eigenvalue weighted by Crippen LogP contribution is -2.32. The van der Waals surface area contributed by atoms with Gasteiger partial charge in [-0.15, -0.1) is 0 Å². The molecule has 8 nitrogen and oxygen atoms in total. The number of aryl methyl sites for hydroxylation is 1. The molecule has 0 aliphatic carbocycles. The van der Waals surface area contributed by atoms with Crippen LogP contribution in [-0.2, 0) is 4.79 Å². The van der Waals surface area contributed by atoms with E-state index in [0.717, 1.165) is 0 Å². The van der Waals surface area contributed by atoms with Gasteiger partial charge in [-0.3, -0.25) is 9.59 Å². The zero-order valence-corrected chi connectivity index (χ0v) is 13.0. The Balaban J connectivity index is 1.92. The van der Waals surface area contributed by atoms with Crippen molar-refractivity contribution in [1.29, 1.82) is 0 Å². The number of nitrogens with one attached hydrogen (secondary N) is 2. The Bertz CT molecular complexity index is 711. The van der Waals surface area contributed by atoms with Crippen LogP contribution in [0, 0.1) is 6.92 Å². The van der Waals surface area contributed by atoms with Crippen LogP contribution >= 0.6 is 0 Å². The van der Waals surface area contributed by atoms with Gasteiger partial charge in [0.1, 0.15) is 5.76 Å². The molecule has 23 heavy (non-hydrogen) atoms. The summed E-state index contributed by atoms with van der Waals surface area (Å²) in [5.41, 5.74) is 0.354. The molecule has 0 bridgehead atoms. The van der Waals surface area contributed by atoms with E-state index in [2.05, 4.69) is 15.8 Å². The van der Waals surface area contributed by atoms with Gasteiger partial charge in [0.05, 0.1) is 20.8 Å². The normalized spacial score (nSPS) is 10.0. The first-order valence-corrected chi connectivity index (χ1v) is 6.77. The van der Waals surface area contributed by atoms with Crippen molar-refractivity contribution in [3.8, 4) is 11.5 Å². The number of anilines is 1. The van der Waals surface area contributed by atoms with Gasteiger partial charge in [-0.25, -0.2) is 0 Å². The topological polar surface area (TPSA) is 103 Å². The number of carbonyl (C=O) groups excluding carboxylic acids is 2. The summed E-state index contributed by atoms with van der Waals surface area (Å²) in [6, 6.07) is 6.31. The summed E-state index contributed by atoms with van der Waals surface area (Å²) >= 11 is 0. The maximum atomic E-state index is 12.1. The van der Waals surface area contributed by atoms with Gasteiger partial charge in [-0.05, 0) is 25.1 Å². The lowest BCUT2D eigenvalue weighted by Gasteiger charge is -2.09. The van der Waals surface area contributed by atoms with Gasteiger partial charge in [0.15, 0.2) is 17.3 Å². The molecule has 2 N–H and O–H groups in total. The molecule has 1 heterocycles. The summed E-state index contributed by atoms with van der Waals surface area (Å²) in [6.45, 7) is 1.51. The minimum atomic E-state index is -0.410. The first kappa shape index (κ1) is 16.3. The van der Waals surface area contributed by atoms with Gasteiger partial charge in [0, 0.05) is 11.6 Å². The van der Waals surface area contributed by atoms with E-state index < -0.39 is 11.8 Å². The van der Waals surface area contributed by atoms with Gasteiger partial charge in [0.25, 0.3) is 5.91 Å². The van der Waals surface area contributed by atoms with Crippen LogP contribution in [0.25, 0.3) is 0 Å². The van der Waals surface area contributed by atoms with Crippen molar-refractivity contribution in [2.24, 2.45) is 0 Å². The highest BCUT2D eigenvalue weighted by Gasteiger charge is 2.12. The predicted molar refractivity (Wildman–Crippen MR) is 81.7 cm³/mol. The highest BCUT2D eigenvalue weighted by Crippen LogP contribution is 2.27. The maximum absolute atomic E-state index is 12.1. The highest BCUT2D eigenvalue weighted by molar-refractivity contribution is 5.99. The summed E-state index contributed by atoms with van der Waals surface area (Å²) in [5, 5.41) is 8.65. The molecule has 0 radical (unpaired) electrons. The maximum Gasteiger partial charge on any atom is 0.251 e. The molecule has 2 aromatic rings. The van der Waals surface area contributed by atoms with Crippen molar-refractivity contribution < 1.29 is 23.6 Å². The summed E-state index contributed by atoms with van der Waals surface area (Å²) < 4.78 is 15.1. The number of hydrogen-bond acceptors (Lipinski definition) is 6. The molecular weight excluding hydrogens is 302 g/mol. The number of nitrogens with zero attached hydrogens (tertiary/aromatic N) is 1. The lowest BCUT2D eigenvalue weighted by molar-refractivity contribution is -0.115. The number of hydrogen-bond donors (Lipinski definition) is 2. The van der Waals surface area contributed by atoms with Crippen molar-refractivity contribution in [3.05, 3.63) is 35.6 Å². The summed E-state index contributed by atoms with van der Waals surface area (Å²) in [5.74, 6) is 1.01. The number of aromatic nitrogens is 1. The van der Waals surface area contributed by atoms with E-state index >= 15 is 0 Å². The first-order chi connectivity index (χ1) is 11.0. The number of methoxy groups -OCH3 is 2. The van der Waals surface area contributed by atoms with Crippen molar-refractivity contribution in [3.63, 3.8) is 0 Å². The first-order valence-electron chi connectivity index (χ1n) is 6.77. The minimum Gasteiger partial charge on any atom is -0.493 e. The van der Waals surface area contributed by atoms with Crippen LogP contribution in [0.1, 0.15) is 16.1 Å². The van der Waals surface area contributed by atoms with E-state index in [4.69, 9.17) is 14.0 Å². The van der Waals surface area contributed by atoms with E-state index in [0.29, 0.717) is 28.6 Å². The van der Waals surface area contributed by atoms with Gasteiger partial charge < -0.3 is 24.6 Å². The quantitative estimate of drug-likeness (QED) is 0.833. The molecule has 0 aliphatic rings. The summed E-state index contributed by atoms with van der Waals surface area (Å²) in [4.78, 5) is 23.8. The molecule has 1 aromatic heterocycles. The molecule has 0 unspecified atom stereocenters. The Morgan fingerprint density at radius 3 is 2.52 bits per heavy atom. The average molecular weight is 319 g/mol. The Kier molecular flexibility index (Phi) is 5.19. The van der Waals surface area contributed by atoms with Crippen LogP contribution in [0.3, 0.4) is 0 Å². The van der Waals surface area contributed by atoms with E-state index in [9.17, 15) is 9.59 Å². The van der Waals surface area contributed by atoms with E-state index in [1.807, 2.05) is 0 Å². The Morgan fingerprint density at radius 1 is 1.17 bits per heavy atom. The second kappa shape index (κ2) is 7.30. The van der Waals surface area contributed by atoms with Crippen LogP contribution in [-0.4, -0.2) is 37.7 Å². The summed E-state index contributed by atoms with van der Waals surface area (Å²) in [6.07, 6.45) is 0. The molecule has 122 valence electrons. The molecule has 0 saturated carbocycles. The number of ether oxygens (including phenoxy) is 2. The zero-order chi connectivity index (χ0) is 16.8. The number of amides is 2. The molecule has 1 aromatic carbocycles. The van der Waals surface area contributed by atoms with Crippen LogP contribution < -0.4 is 20.1 Å². The van der Waals surface area contributed by atoms with Crippen LogP contribution in [0.5, 0.6) is 11.5 Å². The number of carbonyl (C=O) groups is 2. The Morgan fingerprint density at radius 2 is 1.91 bits per heavy atom. The second-order valence-corrected chi connectivity index (χ2v) is 4.62. The van der Waals surface area contributed by atoms with Gasteiger partial charge in [0.2, 0.25) is 5.91 Å². The molecular formula is C15H17N3O5. The highest BCUT2D eigenvalue weighted by atomic mass is 16.5. The van der Waals surface area contributed by atoms with Gasteiger partial charge in [-0.1, -0.05) is 5.16 Å². The van der Waals surface area contributed by atoms with Crippen LogP contribution in [0.2, 0.25) is 0 Å². The number of rotatable bonds is 6. The van der Waals surface area contributed by atoms with E-state index in [1.54, 1.807) is 25.1 Å². The standard InChI is InChI=1S/C15H17N3O5/c1-9-6-13(18-23-9)17-14(19)8-16-15(20)10-4-5-11(21-2)12(7-10)22-3/h4-7H,8H2,1-3H3,(H,16,20)(H,17,18,19). The third-order valence-electron chi connectivity index (χ3n) is 2.95. The zero-order valence-electron chi connectivity index (χ0n) is 13.0. The fourth-order valence-electron chi connectivity index (χ4n) is 1.85. The monoisotopic (exact) mass is 319 g/mol. The van der Waals surface area contributed by atoms with Crippen molar-refractivity contribution in [2.45, 2.75) is 6.92 Å². The van der Waals surface area contributed by atoms with Gasteiger partial charge in [-0.2, -0.15) is 0 Å². The largest absolute Gasteiger partial charge is 0.493 e. The Hall–Kier alpha value is -3.03. The molecule has 0 atom stereocenters. The molecule has 0 aliphatic heterocycles. The average Bonchev–Trinajstić information content (AvgIpc) is 2.96. The molecule has 2 rings (SSSR count). The molecule has 2 amide bonds. The fraction of sp³-hybridized carbons (Fsp3) is 0.267. The van der Waals surface area contributed by atoms with Crippen LogP contribution in [0.4, 0.5) is 5.82 Å². The van der Waals surface area contributed by atoms with E-state index in [1.165, 1.54) is 20.3 Å². The molecule has 0 spiro atoms. The van der Waals surface area contributed by atoms with Crippen LogP contribution in [0.15, 0.2) is 28.8 Å². The lowest BCUT2D eigenvalue weighted by atomic mass is 10.2. The van der Waals surface area contributed by atoms with Gasteiger partial charge >= 0.3 is 0 Å². The van der Waals surface area contributed by atoms with E-state index in [-0.39, 0.29) is 6.54 Å².